The first-order chi connectivity index (χ1) is 11.0. The number of hydrogen-bond donors (Lipinski definition) is 2. The Kier molecular flexibility index (Phi) is 6.80. The third-order valence-corrected chi connectivity index (χ3v) is 5.28. The standard InChI is InChI=1S/C16H29N5OS/c1-5-13-10-18-14(23-13)11-19-15(17-4)20-12-16(2,3)21-6-8-22-9-7-21/h10H,5-9,11-12H2,1-4H3,(H2,17,19,20). The Morgan fingerprint density at radius 3 is 2.74 bits per heavy atom. The molecule has 2 heterocycles. The second-order valence-corrected chi connectivity index (χ2v) is 7.46. The predicted molar refractivity (Wildman–Crippen MR) is 96.2 cm³/mol. The summed E-state index contributed by atoms with van der Waals surface area (Å²) in [6, 6.07) is 0. The van der Waals surface area contributed by atoms with Crippen LogP contribution in [0, 0.1) is 0 Å². The Bertz CT molecular complexity index is 508. The lowest BCUT2D eigenvalue weighted by molar-refractivity contribution is -0.00834. The highest BCUT2D eigenvalue weighted by Gasteiger charge is 2.28. The average Bonchev–Trinajstić information content (AvgIpc) is 3.04. The van der Waals surface area contributed by atoms with Crippen LogP contribution in [-0.2, 0) is 17.7 Å². The van der Waals surface area contributed by atoms with Crippen LogP contribution in [-0.4, -0.2) is 61.3 Å². The molecule has 0 amide bonds. The molecule has 2 rings (SSSR count). The molecule has 1 aromatic heterocycles. The van der Waals surface area contributed by atoms with Gasteiger partial charge >= 0.3 is 0 Å². The van der Waals surface area contributed by atoms with Gasteiger partial charge in [0.25, 0.3) is 0 Å². The third kappa shape index (κ3) is 5.44. The van der Waals surface area contributed by atoms with E-state index >= 15 is 0 Å². The molecule has 130 valence electrons. The Balaban J connectivity index is 1.79. The molecule has 0 spiro atoms. The molecule has 1 aliphatic heterocycles. The molecule has 1 fully saturated rings. The predicted octanol–water partition coefficient (Wildman–Crippen LogP) is 1.48. The first-order valence-electron chi connectivity index (χ1n) is 8.26. The van der Waals surface area contributed by atoms with E-state index in [1.807, 2.05) is 6.20 Å². The number of hydrogen-bond acceptors (Lipinski definition) is 5. The van der Waals surface area contributed by atoms with Crippen molar-refractivity contribution in [1.82, 2.24) is 20.5 Å². The van der Waals surface area contributed by atoms with Gasteiger partial charge in [-0.05, 0) is 20.3 Å². The van der Waals surface area contributed by atoms with Gasteiger partial charge in [0.2, 0.25) is 0 Å². The number of nitrogens with one attached hydrogen (secondary N) is 2. The minimum Gasteiger partial charge on any atom is -0.379 e. The number of aromatic nitrogens is 1. The molecule has 0 aliphatic carbocycles. The van der Waals surface area contributed by atoms with E-state index in [2.05, 4.69) is 46.3 Å². The summed E-state index contributed by atoms with van der Waals surface area (Å²) in [5.41, 5.74) is 0.0674. The number of aliphatic imine (C=N–C) groups is 1. The van der Waals surface area contributed by atoms with E-state index in [1.165, 1.54) is 4.88 Å². The van der Waals surface area contributed by atoms with Gasteiger partial charge in [-0.3, -0.25) is 9.89 Å². The topological polar surface area (TPSA) is 61.8 Å². The second-order valence-electron chi connectivity index (χ2n) is 6.27. The highest BCUT2D eigenvalue weighted by Crippen LogP contribution is 2.15. The van der Waals surface area contributed by atoms with Gasteiger partial charge in [-0.1, -0.05) is 6.92 Å². The molecule has 6 nitrogen and oxygen atoms in total. The molecule has 2 N–H and O–H groups in total. The summed E-state index contributed by atoms with van der Waals surface area (Å²) < 4.78 is 5.44. The van der Waals surface area contributed by atoms with Crippen molar-refractivity contribution >= 4 is 17.3 Å². The maximum Gasteiger partial charge on any atom is 0.191 e. The first-order valence-corrected chi connectivity index (χ1v) is 9.07. The molecule has 0 atom stereocenters. The molecule has 1 aromatic rings. The summed E-state index contributed by atoms with van der Waals surface area (Å²) in [5.74, 6) is 0.819. The van der Waals surface area contributed by atoms with Crippen LogP contribution in [0.25, 0.3) is 0 Å². The van der Waals surface area contributed by atoms with Gasteiger partial charge in [-0.25, -0.2) is 4.98 Å². The summed E-state index contributed by atoms with van der Waals surface area (Å²) in [5, 5.41) is 7.87. The van der Waals surface area contributed by atoms with Crippen molar-refractivity contribution < 1.29 is 4.74 Å². The molecule has 1 aliphatic rings. The van der Waals surface area contributed by atoms with Crippen molar-refractivity contribution in [2.75, 3.05) is 39.9 Å². The van der Waals surface area contributed by atoms with E-state index in [-0.39, 0.29) is 5.54 Å². The Hall–Kier alpha value is -1.18. The smallest absolute Gasteiger partial charge is 0.191 e. The van der Waals surface area contributed by atoms with Gasteiger partial charge in [0.05, 0.1) is 19.8 Å². The summed E-state index contributed by atoms with van der Waals surface area (Å²) in [4.78, 5) is 12.5. The van der Waals surface area contributed by atoms with Crippen LogP contribution in [0.4, 0.5) is 0 Å². The fourth-order valence-corrected chi connectivity index (χ4v) is 3.36. The quantitative estimate of drug-likeness (QED) is 0.607. The van der Waals surface area contributed by atoms with Crippen LogP contribution >= 0.6 is 11.3 Å². The van der Waals surface area contributed by atoms with Crippen molar-refractivity contribution in [2.45, 2.75) is 39.3 Å². The number of aryl methyl sites for hydroxylation is 1. The van der Waals surface area contributed by atoms with E-state index in [4.69, 9.17) is 4.74 Å². The fourth-order valence-electron chi connectivity index (χ4n) is 2.55. The van der Waals surface area contributed by atoms with Gasteiger partial charge in [0.1, 0.15) is 5.01 Å². The number of nitrogens with zero attached hydrogens (tertiary/aromatic N) is 3. The minimum absolute atomic E-state index is 0.0674. The third-order valence-electron chi connectivity index (χ3n) is 4.14. The maximum atomic E-state index is 5.44. The Morgan fingerprint density at radius 2 is 2.13 bits per heavy atom. The minimum atomic E-state index is 0.0674. The largest absolute Gasteiger partial charge is 0.379 e. The van der Waals surface area contributed by atoms with Crippen LogP contribution in [0.5, 0.6) is 0 Å². The Morgan fingerprint density at radius 1 is 1.39 bits per heavy atom. The molecule has 0 unspecified atom stereocenters. The van der Waals surface area contributed by atoms with E-state index in [0.29, 0.717) is 6.54 Å². The van der Waals surface area contributed by atoms with Crippen LogP contribution in [0.15, 0.2) is 11.2 Å². The van der Waals surface area contributed by atoms with Crippen LogP contribution in [0.1, 0.15) is 30.7 Å². The lowest BCUT2D eigenvalue weighted by Crippen LogP contribution is -2.56. The molecule has 0 bridgehead atoms. The van der Waals surface area contributed by atoms with E-state index < -0.39 is 0 Å². The molecule has 23 heavy (non-hydrogen) atoms. The maximum absolute atomic E-state index is 5.44. The monoisotopic (exact) mass is 339 g/mol. The molecule has 0 saturated carbocycles. The van der Waals surface area contributed by atoms with Crippen molar-refractivity contribution in [3.8, 4) is 0 Å². The van der Waals surface area contributed by atoms with Gasteiger partial charge in [-0.15, -0.1) is 11.3 Å². The number of morpholine rings is 1. The number of guanidine groups is 1. The molecule has 7 heteroatoms. The highest BCUT2D eigenvalue weighted by molar-refractivity contribution is 7.11. The van der Waals surface area contributed by atoms with Crippen molar-refractivity contribution in [3.63, 3.8) is 0 Å². The average molecular weight is 340 g/mol. The summed E-state index contributed by atoms with van der Waals surface area (Å²) >= 11 is 1.75. The second kappa shape index (κ2) is 8.61. The highest BCUT2D eigenvalue weighted by atomic mass is 32.1. The zero-order valence-corrected chi connectivity index (χ0v) is 15.5. The number of ether oxygens (including phenoxy) is 1. The number of rotatable bonds is 6. The fraction of sp³-hybridized carbons (Fsp3) is 0.750. The van der Waals surface area contributed by atoms with Gasteiger partial charge in [0.15, 0.2) is 5.96 Å². The normalized spacial score (nSPS) is 17.3. The van der Waals surface area contributed by atoms with Gasteiger partial charge in [0, 0.05) is 43.3 Å². The molecular weight excluding hydrogens is 310 g/mol. The zero-order chi connectivity index (χ0) is 16.7. The Labute approximate surface area is 143 Å². The van der Waals surface area contributed by atoms with E-state index in [9.17, 15) is 0 Å². The summed E-state index contributed by atoms with van der Waals surface area (Å²) in [7, 11) is 1.80. The van der Waals surface area contributed by atoms with E-state index in [1.54, 1.807) is 18.4 Å². The molecule has 1 saturated heterocycles. The molecule has 0 aromatic carbocycles. The first kappa shape index (κ1) is 18.2. The summed E-state index contributed by atoms with van der Waals surface area (Å²) in [6.07, 6.45) is 3.00. The van der Waals surface area contributed by atoms with Crippen LogP contribution in [0.3, 0.4) is 0 Å². The van der Waals surface area contributed by atoms with Crippen molar-refractivity contribution in [1.29, 1.82) is 0 Å². The lowest BCUT2D eigenvalue weighted by Gasteiger charge is -2.41. The lowest BCUT2D eigenvalue weighted by atomic mass is 10.0. The van der Waals surface area contributed by atoms with Crippen LogP contribution in [0.2, 0.25) is 0 Å². The van der Waals surface area contributed by atoms with Gasteiger partial charge in [-0.2, -0.15) is 0 Å². The SMILES string of the molecule is CCc1cnc(CNC(=NC)NCC(C)(C)N2CCOCC2)s1. The summed E-state index contributed by atoms with van der Waals surface area (Å²) in [6.45, 7) is 11.8. The zero-order valence-electron chi connectivity index (χ0n) is 14.7. The molecular formula is C16H29N5OS. The molecule has 0 radical (unpaired) electrons. The number of thiazole rings is 1. The van der Waals surface area contributed by atoms with Crippen molar-refractivity contribution in [3.05, 3.63) is 16.1 Å². The van der Waals surface area contributed by atoms with E-state index in [0.717, 1.165) is 50.2 Å². The van der Waals surface area contributed by atoms with Gasteiger partial charge < -0.3 is 15.4 Å². The van der Waals surface area contributed by atoms with Crippen molar-refractivity contribution in [2.24, 2.45) is 4.99 Å². The van der Waals surface area contributed by atoms with Crippen LogP contribution < -0.4 is 10.6 Å².